The minimum absolute atomic E-state index is 0.0694. The van der Waals surface area contributed by atoms with Crippen molar-refractivity contribution < 1.29 is 14.3 Å². The highest BCUT2D eigenvalue weighted by Gasteiger charge is 2.24. The van der Waals surface area contributed by atoms with Crippen LogP contribution in [-0.2, 0) is 9.53 Å². The van der Waals surface area contributed by atoms with E-state index in [1.165, 1.54) is 11.3 Å². The molecule has 0 saturated heterocycles. The van der Waals surface area contributed by atoms with Crippen LogP contribution in [0.15, 0.2) is 29.6 Å². The predicted molar refractivity (Wildman–Crippen MR) is 103 cm³/mol. The monoisotopic (exact) mass is 379 g/mol. The van der Waals surface area contributed by atoms with Crippen LogP contribution in [0.4, 0.5) is 5.00 Å². The molecular weight excluding hydrogens is 358 g/mol. The fourth-order valence-corrected chi connectivity index (χ4v) is 3.66. The summed E-state index contributed by atoms with van der Waals surface area (Å²) < 4.78 is 5.20. The smallest absolute Gasteiger partial charge is 0.341 e. The van der Waals surface area contributed by atoms with Gasteiger partial charge in [-0.2, -0.15) is 0 Å². The van der Waals surface area contributed by atoms with Crippen LogP contribution in [0.3, 0.4) is 0 Å². The van der Waals surface area contributed by atoms with Gasteiger partial charge in [0.15, 0.2) is 0 Å². The molecule has 0 spiro atoms. The summed E-state index contributed by atoms with van der Waals surface area (Å²) in [7, 11) is 0. The molecule has 4 nitrogen and oxygen atoms in total. The highest BCUT2D eigenvalue weighted by molar-refractivity contribution is 7.15. The highest BCUT2D eigenvalue weighted by Crippen LogP contribution is 2.37. The Hall–Kier alpha value is -1.85. The van der Waals surface area contributed by atoms with Crippen LogP contribution in [0.5, 0.6) is 0 Å². The topological polar surface area (TPSA) is 55.4 Å². The largest absolute Gasteiger partial charge is 0.462 e. The number of hydrogen-bond acceptors (Lipinski definition) is 4. The van der Waals surface area contributed by atoms with E-state index < -0.39 is 5.97 Å². The molecular formula is C19H22ClNO3S. The Morgan fingerprint density at radius 3 is 2.36 bits per heavy atom. The van der Waals surface area contributed by atoms with Crippen LogP contribution in [0.25, 0.3) is 11.1 Å². The Labute approximate surface area is 157 Å². The van der Waals surface area contributed by atoms with Crippen molar-refractivity contribution in [2.45, 2.75) is 33.6 Å². The van der Waals surface area contributed by atoms with Crippen molar-refractivity contribution in [3.8, 4) is 11.1 Å². The number of rotatable bonds is 7. The average molecular weight is 380 g/mol. The van der Waals surface area contributed by atoms with Gasteiger partial charge in [-0.3, -0.25) is 4.79 Å². The zero-order chi connectivity index (χ0) is 18.4. The molecule has 1 aromatic heterocycles. The second kappa shape index (κ2) is 9.02. The molecule has 2 rings (SSSR count). The van der Waals surface area contributed by atoms with E-state index >= 15 is 0 Å². The second-order valence-electron chi connectivity index (χ2n) is 5.58. The van der Waals surface area contributed by atoms with E-state index in [4.69, 9.17) is 16.3 Å². The number of anilines is 1. The van der Waals surface area contributed by atoms with Gasteiger partial charge < -0.3 is 10.1 Å². The third-order valence-corrected chi connectivity index (χ3v) is 5.17. The van der Waals surface area contributed by atoms with E-state index in [1.54, 1.807) is 19.1 Å². The standard InChI is InChI=1S/C19H22ClNO3S/c1-4-12(5-2)17(22)21-18-16(19(23)24-6-3)15(11-25-18)13-7-9-14(20)10-8-13/h7-12H,4-6H2,1-3H3,(H,21,22). The Morgan fingerprint density at radius 2 is 1.80 bits per heavy atom. The van der Waals surface area contributed by atoms with E-state index in [2.05, 4.69) is 5.32 Å². The molecule has 0 bridgehead atoms. The molecule has 0 atom stereocenters. The number of benzene rings is 1. The number of carbonyl (C=O) groups excluding carboxylic acids is 2. The maximum absolute atomic E-state index is 12.5. The molecule has 1 amide bonds. The van der Waals surface area contributed by atoms with Crippen LogP contribution < -0.4 is 5.32 Å². The number of halogens is 1. The molecule has 134 valence electrons. The Morgan fingerprint density at radius 1 is 1.16 bits per heavy atom. The third kappa shape index (κ3) is 4.61. The summed E-state index contributed by atoms with van der Waals surface area (Å²) in [5.41, 5.74) is 1.99. The number of esters is 1. The van der Waals surface area contributed by atoms with Crippen LogP contribution >= 0.6 is 22.9 Å². The fraction of sp³-hybridized carbons (Fsp3) is 0.368. The summed E-state index contributed by atoms with van der Waals surface area (Å²) in [4.78, 5) is 24.9. The first-order valence-corrected chi connectivity index (χ1v) is 9.62. The first-order valence-electron chi connectivity index (χ1n) is 8.37. The van der Waals surface area contributed by atoms with Gasteiger partial charge in [0.2, 0.25) is 5.91 Å². The Bertz CT molecular complexity index is 736. The van der Waals surface area contributed by atoms with Crippen LogP contribution in [0.2, 0.25) is 5.02 Å². The molecule has 25 heavy (non-hydrogen) atoms. The Kier molecular flexibility index (Phi) is 7.02. The lowest BCUT2D eigenvalue weighted by molar-refractivity contribution is -0.120. The molecule has 1 heterocycles. The molecule has 6 heteroatoms. The summed E-state index contributed by atoms with van der Waals surface area (Å²) in [5, 5.41) is 5.92. The molecule has 1 N–H and O–H groups in total. The summed E-state index contributed by atoms with van der Waals surface area (Å²) in [5.74, 6) is -0.579. The van der Waals surface area contributed by atoms with Crippen molar-refractivity contribution in [1.82, 2.24) is 0 Å². The van der Waals surface area contributed by atoms with Gasteiger partial charge in [-0.1, -0.05) is 37.6 Å². The number of carbonyl (C=O) groups is 2. The average Bonchev–Trinajstić information content (AvgIpc) is 3.00. The van der Waals surface area contributed by atoms with Gasteiger partial charge in [-0.05, 0) is 37.5 Å². The molecule has 0 unspecified atom stereocenters. The van der Waals surface area contributed by atoms with Crippen molar-refractivity contribution in [1.29, 1.82) is 0 Å². The molecule has 0 aliphatic rings. The first-order chi connectivity index (χ1) is 12.0. The van der Waals surface area contributed by atoms with Gasteiger partial charge in [-0.15, -0.1) is 11.3 Å². The van der Waals surface area contributed by atoms with E-state index in [9.17, 15) is 9.59 Å². The van der Waals surface area contributed by atoms with Gasteiger partial charge in [0.05, 0.1) is 6.61 Å². The van der Waals surface area contributed by atoms with Crippen molar-refractivity contribution in [2.75, 3.05) is 11.9 Å². The lowest BCUT2D eigenvalue weighted by Gasteiger charge is -2.13. The zero-order valence-corrected chi connectivity index (χ0v) is 16.2. The number of hydrogen-bond donors (Lipinski definition) is 1. The van der Waals surface area contributed by atoms with Crippen molar-refractivity contribution in [3.05, 3.63) is 40.2 Å². The SMILES string of the molecule is CCOC(=O)c1c(-c2ccc(Cl)cc2)csc1NC(=O)C(CC)CC. The summed E-state index contributed by atoms with van der Waals surface area (Å²) in [6.45, 7) is 5.99. The maximum atomic E-state index is 12.5. The van der Waals surface area contributed by atoms with Crippen molar-refractivity contribution >= 4 is 39.8 Å². The van der Waals surface area contributed by atoms with Gasteiger partial charge in [0.25, 0.3) is 0 Å². The lowest BCUT2D eigenvalue weighted by atomic mass is 10.0. The third-order valence-electron chi connectivity index (χ3n) is 4.02. The number of amides is 1. The molecule has 2 aromatic rings. The summed E-state index contributed by atoms with van der Waals surface area (Å²) >= 11 is 7.28. The fourth-order valence-electron chi connectivity index (χ4n) is 2.57. The van der Waals surface area contributed by atoms with Crippen LogP contribution in [0, 0.1) is 5.92 Å². The number of nitrogens with one attached hydrogen (secondary N) is 1. The van der Waals surface area contributed by atoms with Crippen molar-refractivity contribution in [3.63, 3.8) is 0 Å². The van der Waals surface area contributed by atoms with Gasteiger partial charge in [0, 0.05) is 21.9 Å². The molecule has 0 radical (unpaired) electrons. The molecule has 0 fully saturated rings. The minimum atomic E-state index is -0.437. The molecule has 0 aliphatic heterocycles. The summed E-state index contributed by atoms with van der Waals surface area (Å²) in [6, 6.07) is 7.23. The van der Waals surface area contributed by atoms with E-state index in [0.717, 1.165) is 24.0 Å². The number of thiophene rings is 1. The van der Waals surface area contributed by atoms with E-state index in [-0.39, 0.29) is 18.4 Å². The van der Waals surface area contributed by atoms with E-state index in [1.807, 2.05) is 31.4 Å². The summed E-state index contributed by atoms with van der Waals surface area (Å²) in [6.07, 6.45) is 1.51. The normalized spacial score (nSPS) is 10.8. The molecule has 0 saturated carbocycles. The van der Waals surface area contributed by atoms with Crippen LogP contribution in [-0.4, -0.2) is 18.5 Å². The highest BCUT2D eigenvalue weighted by atomic mass is 35.5. The van der Waals surface area contributed by atoms with Gasteiger partial charge in [-0.25, -0.2) is 4.79 Å². The minimum Gasteiger partial charge on any atom is -0.462 e. The molecule has 0 aliphatic carbocycles. The zero-order valence-electron chi connectivity index (χ0n) is 14.6. The van der Waals surface area contributed by atoms with Gasteiger partial charge in [0.1, 0.15) is 10.6 Å². The Balaban J connectivity index is 2.41. The number of ether oxygens (including phenoxy) is 1. The lowest BCUT2D eigenvalue weighted by Crippen LogP contribution is -2.22. The molecule has 1 aromatic carbocycles. The van der Waals surface area contributed by atoms with Crippen LogP contribution in [0.1, 0.15) is 44.0 Å². The maximum Gasteiger partial charge on any atom is 0.341 e. The predicted octanol–water partition coefficient (Wildman–Crippen LogP) is 5.62. The second-order valence-corrected chi connectivity index (χ2v) is 6.90. The van der Waals surface area contributed by atoms with Gasteiger partial charge >= 0.3 is 5.97 Å². The quantitative estimate of drug-likeness (QED) is 0.635. The first kappa shape index (κ1) is 19.5. The van der Waals surface area contributed by atoms with Crippen molar-refractivity contribution in [2.24, 2.45) is 5.92 Å². The van der Waals surface area contributed by atoms with E-state index in [0.29, 0.717) is 15.6 Å².